The first-order valence-corrected chi connectivity index (χ1v) is 5.05. The minimum Gasteiger partial charge on any atom is -0.336 e. The second-order valence-corrected chi connectivity index (χ2v) is 3.57. The molecule has 0 heterocycles. The van der Waals surface area contributed by atoms with Crippen LogP contribution in [0.2, 0.25) is 0 Å². The van der Waals surface area contributed by atoms with Gasteiger partial charge in [-0.3, -0.25) is 9.59 Å². The van der Waals surface area contributed by atoms with Gasteiger partial charge in [-0.25, -0.2) is 9.59 Å². The Morgan fingerprint density at radius 1 is 0.842 bits per heavy atom. The summed E-state index contributed by atoms with van der Waals surface area (Å²) < 4.78 is 0. The lowest BCUT2D eigenvalue weighted by Crippen LogP contribution is -2.34. The van der Waals surface area contributed by atoms with E-state index in [1.54, 1.807) is 11.0 Å². The van der Waals surface area contributed by atoms with E-state index < -0.39 is 30.2 Å². The molecule has 0 aliphatic rings. The Kier molecular flexibility index (Phi) is 6.58. The highest BCUT2D eigenvalue weighted by molar-refractivity contribution is 5.97. The van der Waals surface area contributed by atoms with Crippen LogP contribution in [-0.2, 0) is 28.9 Å². The fraction of sp³-hybridized carbons (Fsp3) is 0.273. The number of hydroxylamine groups is 2. The summed E-state index contributed by atoms with van der Waals surface area (Å²) in [6.07, 6.45) is -0.688. The highest BCUT2D eigenvalue weighted by Crippen LogP contribution is 1.91. The topological polar surface area (TPSA) is 111 Å². The predicted molar refractivity (Wildman–Crippen MR) is 62.7 cm³/mol. The number of hydrogen-bond acceptors (Lipinski definition) is 6. The lowest BCUT2D eigenvalue weighted by atomic mass is 10.4. The van der Waals surface area contributed by atoms with Gasteiger partial charge in [0, 0.05) is 11.1 Å². The molecule has 0 spiro atoms. The molecule has 19 heavy (non-hydrogen) atoms. The van der Waals surface area contributed by atoms with Crippen LogP contribution in [0.5, 0.6) is 0 Å². The minimum absolute atomic E-state index is 0.0835. The number of hydrogen-bond donors (Lipinski definition) is 2. The molecule has 0 aromatic heterocycles. The van der Waals surface area contributed by atoms with Crippen molar-refractivity contribution in [2.24, 2.45) is 0 Å². The SMILES string of the molecule is C=C(C)C(=O)ONC(=O)CC(=O)NOC(=O)C(=C)C. The molecule has 0 aromatic carbocycles. The Bertz CT molecular complexity index is 400. The normalized spacial score (nSPS) is 8.95. The van der Waals surface area contributed by atoms with E-state index in [1.807, 2.05) is 0 Å². The first-order chi connectivity index (χ1) is 8.73. The fourth-order valence-electron chi connectivity index (χ4n) is 0.599. The Morgan fingerprint density at radius 3 is 1.42 bits per heavy atom. The van der Waals surface area contributed by atoms with E-state index in [0.717, 1.165) is 0 Å². The van der Waals surface area contributed by atoms with Crippen LogP contribution in [0.25, 0.3) is 0 Å². The first kappa shape index (κ1) is 16.4. The Morgan fingerprint density at radius 2 is 1.16 bits per heavy atom. The third kappa shape index (κ3) is 7.31. The number of rotatable bonds is 4. The minimum atomic E-state index is -0.890. The van der Waals surface area contributed by atoms with Gasteiger partial charge in [0.1, 0.15) is 6.42 Å². The van der Waals surface area contributed by atoms with Crippen molar-refractivity contribution in [1.82, 2.24) is 11.0 Å². The maximum atomic E-state index is 11.1. The summed E-state index contributed by atoms with van der Waals surface area (Å²) in [4.78, 5) is 52.6. The second kappa shape index (κ2) is 7.64. The summed E-state index contributed by atoms with van der Waals surface area (Å²) in [5.74, 6) is -3.44. The van der Waals surface area contributed by atoms with E-state index in [9.17, 15) is 19.2 Å². The van der Waals surface area contributed by atoms with Crippen LogP contribution in [0.4, 0.5) is 0 Å². The zero-order valence-electron chi connectivity index (χ0n) is 10.6. The smallest absolute Gasteiger partial charge is 0.336 e. The Balaban J connectivity index is 3.97. The monoisotopic (exact) mass is 270 g/mol. The van der Waals surface area contributed by atoms with E-state index in [1.165, 1.54) is 13.8 Å². The van der Waals surface area contributed by atoms with Crippen molar-refractivity contribution in [2.45, 2.75) is 20.3 Å². The molecule has 0 radical (unpaired) electrons. The first-order valence-electron chi connectivity index (χ1n) is 5.05. The highest BCUT2D eigenvalue weighted by atomic mass is 16.7. The van der Waals surface area contributed by atoms with Gasteiger partial charge in [-0.15, -0.1) is 0 Å². The number of amides is 2. The van der Waals surface area contributed by atoms with Crippen molar-refractivity contribution in [3.05, 3.63) is 24.3 Å². The molecule has 0 bridgehead atoms. The van der Waals surface area contributed by atoms with Gasteiger partial charge >= 0.3 is 11.9 Å². The van der Waals surface area contributed by atoms with Gasteiger partial charge in [-0.1, -0.05) is 13.2 Å². The molecule has 0 unspecified atom stereocenters. The molecule has 2 N–H and O–H groups in total. The predicted octanol–water partition coefficient (Wildman–Crippen LogP) is -0.323. The third-order valence-corrected chi connectivity index (χ3v) is 1.53. The Labute approximate surface area is 109 Å². The maximum Gasteiger partial charge on any atom is 0.358 e. The molecule has 0 atom stereocenters. The zero-order chi connectivity index (χ0) is 15.0. The van der Waals surface area contributed by atoms with Crippen molar-refractivity contribution in [1.29, 1.82) is 0 Å². The van der Waals surface area contributed by atoms with Crippen molar-refractivity contribution in [3.63, 3.8) is 0 Å². The molecular weight excluding hydrogens is 256 g/mol. The van der Waals surface area contributed by atoms with Gasteiger partial charge in [0.15, 0.2) is 0 Å². The standard InChI is InChI=1S/C11H14N2O6/c1-6(2)10(16)18-12-8(14)5-9(15)13-19-11(17)7(3)4/h1,3,5H2,2,4H3,(H,12,14)(H,13,15). The molecule has 0 fully saturated rings. The van der Waals surface area contributed by atoms with Gasteiger partial charge in [-0.2, -0.15) is 11.0 Å². The summed E-state index contributed by atoms with van der Waals surface area (Å²) >= 11 is 0. The van der Waals surface area contributed by atoms with Gasteiger partial charge < -0.3 is 9.68 Å². The van der Waals surface area contributed by atoms with Crippen molar-refractivity contribution in [3.8, 4) is 0 Å². The van der Waals surface area contributed by atoms with Crippen molar-refractivity contribution < 1.29 is 28.9 Å². The molecule has 8 nitrogen and oxygen atoms in total. The van der Waals surface area contributed by atoms with Crippen molar-refractivity contribution in [2.75, 3.05) is 0 Å². The van der Waals surface area contributed by atoms with Gasteiger partial charge in [-0.05, 0) is 13.8 Å². The molecule has 0 aliphatic carbocycles. The third-order valence-electron chi connectivity index (χ3n) is 1.53. The zero-order valence-corrected chi connectivity index (χ0v) is 10.6. The Hall–Kier alpha value is -2.64. The number of carbonyl (C=O) groups is 4. The van der Waals surface area contributed by atoms with E-state index in [0.29, 0.717) is 0 Å². The van der Waals surface area contributed by atoms with Crippen LogP contribution in [0.1, 0.15) is 20.3 Å². The molecule has 8 heteroatoms. The van der Waals surface area contributed by atoms with Gasteiger partial charge in [0.2, 0.25) is 0 Å². The quantitative estimate of drug-likeness (QED) is 0.411. The van der Waals surface area contributed by atoms with E-state index in [2.05, 4.69) is 22.8 Å². The van der Waals surface area contributed by atoms with Crippen molar-refractivity contribution >= 4 is 23.8 Å². The highest BCUT2D eigenvalue weighted by Gasteiger charge is 2.13. The average Bonchev–Trinajstić information content (AvgIpc) is 2.32. The lowest BCUT2D eigenvalue weighted by Gasteiger charge is -2.06. The number of carbonyl (C=O) groups excluding carboxylic acids is 4. The van der Waals surface area contributed by atoms with E-state index in [-0.39, 0.29) is 11.1 Å². The molecule has 0 rings (SSSR count). The van der Waals surface area contributed by atoms with Crippen LogP contribution in [0, 0.1) is 0 Å². The van der Waals surface area contributed by atoms with Crippen LogP contribution in [0.15, 0.2) is 24.3 Å². The summed E-state index contributed by atoms with van der Waals surface area (Å²) in [7, 11) is 0. The van der Waals surface area contributed by atoms with E-state index >= 15 is 0 Å². The van der Waals surface area contributed by atoms with Crippen LogP contribution < -0.4 is 11.0 Å². The molecule has 0 saturated carbocycles. The molecule has 0 saturated heterocycles. The summed E-state index contributed by atoms with van der Waals surface area (Å²) in [6.45, 7) is 9.35. The summed E-state index contributed by atoms with van der Waals surface area (Å²) in [6, 6.07) is 0. The summed E-state index contributed by atoms with van der Waals surface area (Å²) in [5.41, 5.74) is 3.64. The second-order valence-electron chi connectivity index (χ2n) is 3.57. The number of nitrogens with one attached hydrogen (secondary N) is 2. The van der Waals surface area contributed by atoms with Crippen LogP contribution in [-0.4, -0.2) is 23.8 Å². The molecule has 0 aromatic rings. The van der Waals surface area contributed by atoms with Crippen LogP contribution in [0.3, 0.4) is 0 Å². The van der Waals surface area contributed by atoms with E-state index in [4.69, 9.17) is 0 Å². The van der Waals surface area contributed by atoms with Gasteiger partial charge in [0.25, 0.3) is 11.8 Å². The summed E-state index contributed by atoms with van der Waals surface area (Å²) in [5, 5.41) is 0. The lowest BCUT2D eigenvalue weighted by molar-refractivity contribution is -0.159. The largest absolute Gasteiger partial charge is 0.358 e. The fourth-order valence-corrected chi connectivity index (χ4v) is 0.599. The molecule has 104 valence electrons. The molecule has 2 amide bonds. The maximum absolute atomic E-state index is 11.1. The average molecular weight is 270 g/mol. The van der Waals surface area contributed by atoms with Crippen LogP contribution >= 0.6 is 0 Å². The molecular formula is C11H14N2O6. The molecule has 0 aliphatic heterocycles. The van der Waals surface area contributed by atoms with Gasteiger partial charge in [0.05, 0.1) is 0 Å².